The standard InChI is InChI=1S/C11H9N3O2S2/c15-7-4-6(5-7)10(16)13-11-12-9(14-18-11)8-2-1-3-17-8/h1-3,6H,4-5H2,(H,12,13,14,16). The van der Waals surface area contributed by atoms with E-state index in [1.165, 1.54) is 0 Å². The van der Waals surface area contributed by atoms with Gasteiger partial charge in [0.05, 0.1) is 10.8 Å². The van der Waals surface area contributed by atoms with E-state index < -0.39 is 0 Å². The number of carbonyl (C=O) groups excluding carboxylic acids is 2. The van der Waals surface area contributed by atoms with Gasteiger partial charge in [-0.25, -0.2) is 0 Å². The molecule has 7 heteroatoms. The molecule has 18 heavy (non-hydrogen) atoms. The first kappa shape index (κ1) is 11.5. The molecule has 92 valence electrons. The summed E-state index contributed by atoms with van der Waals surface area (Å²) in [5, 5.41) is 5.15. The van der Waals surface area contributed by atoms with Crippen molar-refractivity contribution >= 4 is 39.7 Å². The van der Waals surface area contributed by atoms with E-state index in [-0.39, 0.29) is 17.6 Å². The first-order valence-corrected chi connectivity index (χ1v) is 7.08. The molecule has 2 heterocycles. The molecule has 0 aromatic carbocycles. The normalized spacial score (nSPS) is 15.4. The van der Waals surface area contributed by atoms with Crippen LogP contribution in [0.1, 0.15) is 12.8 Å². The SMILES string of the molecule is O=C1CC(C(=O)Nc2nc(-c3cccs3)ns2)C1. The van der Waals surface area contributed by atoms with Gasteiger partial charge in [-0.15, -0.1) is 11.3 Å². The van der Waals surface area contributed by atoms with Crippen LogP contribution in [0.5, 0.6) is 0 Å². The van der Waals surface area contributed by atoms with Gasteiger partial charge < -0.3 is 5.32 Å². The number of hydrogen-bond acceptors (Lipinski definition) is 6. The van der Waals surface area contributed by atoms with Crippen LogP contribution >= 0.6 is 22.9 Å². The summed E-state index contributed by atoms with van der Waals surface area (Å²) >= 11 is 2.71. The number of nitrogens with zero attached hydrogens (tertiary/aromatic N) is 2. The van der Waals surface area contributed by atoms with E-state index in [9.17, 15) is 9.59 Å². The Morgan fingerprint density at radius 1 is 1.44 bits per heavy atom. The second kappa shape index (κ2) is 4.58. The quantitative estimate of drug-likeness (QED) is 0.934. The van der Waals surface area contributed by atoms with E-state index in [2.05, 4.69) is 14.7 Å². The van der Waals surface area contributed by atoms with Gasteiger partial charge in [-0.1, -0.05) is 6.07 Å². The molecule has 0 saturated heterocycles. The molecular formula is C11H9N3O2S2. The average molecular weight is 279 g/mol. The molecule has 0 radical (unpaired) electrons. The molecule has 2 aromatic rings. The maximum Gasteiger partial charge on any atom is 0.230 e. The van der Waals surface area contributed by atoms with Crippen LogP contribution in [0.3, 0.4) is 0 Å². The van der Waals surface area contributed by atoms with Crippen molar-refractivity contribution in [3.63, 3.8) is 0 Å². The Kier molecular flexibility index (Phi) is 2.92. The number of carbonyl (C=O) groups is 2. The maximum atomic E-state index is 11.7. The molecule has 0 unspecified atom stereocenters. The number of rotatable bonds is 3. The third kappa shape index (κ3) is 2.19. The van der Waals surface area contributed by atoms with E-state index in [0.29, 0.717) is 23.8 Å². The molecule has 0 spiro atoms. The van der Waals surface area contributed by atoms with Crippen LogP contribution < -0.4 is 5.32 Å². The summed E-state index contributed by atoms with van der Waals surface area (Å²) in [5.41, 5.74) is 0. The van der Waals surface area contributed by atoms with Crippen molar-refractivity contribution in [2.75, 3.05) is 5.32 Å². The van der Waals surface area contributed by atoms with Gasteiger partial charge in [-0.05, 0) is 11.4 Å². The molecule has 1 amide bonds. The van der Waals surface area contributed by atoms with E-state index >= 15 is 0 Å². The van der Waals surface area contributed by atoms with E-state index in [0.717, 1.165) is 16.4 Å². The lowest BCUT2D eigenvalue weighted by atomic mass is 9.83. The Morgan fingerprint density at radius 3 is 2.94 bits per heavy atom. The van der Waals surface area contributed by atoms with Crippen LogP contribution in [-0.4, -0.2) is 21.0 Å². The second-order valence-corrected chi connectivity index (χ2v) is 5.73. The Hall–Kier alpha value is -1.60. The van der Waals surface area contributed by atoms with Gasteiger partial charge in [0.15, 0.2) is 5.82 Å². The van der Waals surface area contributed by atoms with Crippen LogP contribution in [0, 0.1) is 5.92 Å². The topological polar surface area (TPSA) is 72.0 Å². The minimum absolute atomic E-state index is 0.136. The number of Topliss-reactive ketones (excluding diaryl/α,β-unsaturated/α-hetero) is 1. The zero-order valence-corrected chi connectivity index (χ0v) is 10.9. The summed E-state index contributed by atoms with van der Waals surface area (Å²) in [7, 11) is 0. The Balaban J connectivity index is 1.67. The number of amides is 1. The van der Waals surface area contributed by atoms with Crippen molar-refractivity contribution in [3.8, 4) is 10.7 Å². The largest absolute Gasteiger partial charge is 0.300 e. The third-order valence-corrected chi connectivity index (χ3v) is 4.21. The highest BCUT2D eigenvalue weighted by Gasteiger charge is 2.33. The summed E-state index contributed by atoms with van der Waals surface area (Å²) in [4.78, 5) is 27.8. The lowest BCUT2D eigenvalue weighted by Crippen LogP contribution is -2.34. The van der Waals surface area contributed by atoms with Gasteiger partial charge in [0, 0.05) is 24.4 Å². The molecule has 2 aromatic heterocycles. The fourth-order valence-corrected chi connectivity index (χ4v) is 2.96. The molecule has 1 aliphatic rings. The van der Waals surface area contributed by atoms with E-state index in [1.54, 1.807) is 11.3 Å². The molecule has 3 rings (SSSR count). The highest BCUT2D eigenvalue weighted by atomic mass is 32.1. The van der Waals surface area contributed by atoms with Crippen molar-refractivity contribution in [2.24, 2.45) is 5.92 Å². The predicted molar refractivity (Wildman–Crippen MR) is 69.6 cm³/mol. The Bertz CT molecular complexity index is 583. The number of thiophene rings is 1. The van der Waals surface area contributed by atoms with Crippen molar-refractivity contribution in [3.05, 3.63) is 17.5 Å². The summed E-state index contributed by atoms with van der Waals surface area (Å²) in [6, 6.07) is 3.86. The highest BCUT2D eigenvalue weighted by molar-refractivity contribution is 7.14. The maximum absolute atomic E-state index is 11.7. The summed E-state index contributed by atoms with van der Waals surface area (Å²) in [6.45, 7) is 0. The number of hydrogen-bond donors (Lipinski definition) is 1. The first-order chi connectivity index (χ1) is 8.72. The Labute approximate surface area is 111 Å². The number of nitrogens with one attached hydrogen (secondary N) is 1. The van der Waals surface area contributed by atoms with Crippen LogP contribution in [0.2, 0.25) is 0 Å². The summed E-state index contributed by atoms with van der Waals surface area (Å²) in [6.07, 6.45) is 0.699. The number of aromatic nitrogens is 2. The zero-order valence-electron chi connectivity index (χ0n) is 9.25. The minimum atomic E-state index is -0.188. The van der Waals surface area contributed by atoms with E-state index in [4.69, 9.17) is 0 Å². The van der Waals surface area contributed by atoms with Gasteiger partial charge in [-0.3, -0.25) is 9.59 Å². The average Bonchev–Trinajstić information content (AvgIpc) is 2.93. The minimum Gasteiger partial charge on any atom is -0.300 e. The molecule has 0 aliphatic heterocycles. The smallest absolute Gasteiger partial charge is 0.230 e. The highest BCUT2D eigenvalue weighted by Crippen LogP contribution is 2.27. The molecule has 1 N–H and O–H groups in total. The van der Waals surface area contributed by atoms with Gasteiger partial charge in [0.2, 0.25) is 11.0 Å². The predicted octanol–water partition coefficient (Wildman–Crippen LogP) is 2.18. The molecular weight excluding hydrogens is 270 g/mol. The molecule has 1 saturated carbocycles. The second-order valence-electron chi connectivity index (χ2n) is 4.03. The molecule has 0 bridgehead atoms. The van der Waals surface area contributed by atoms with Crippen molar-refractivity contribution in [1.29, 1.82) is 0 Å². The Morgan fingerprint density at radius 2 is 2.28 bits per heavy atom. The number of ketones is 1. The summed E-state index contributed by atoms with van der Waals surface area (Å²) in [5.74, 6) is 0.455. The van der Waals surface area contributed by atoms with Crippen LogP contribution in [-0.2, 0) is 9.59 Å². The van der Waals surface area contributed by atoms with E-state index in [1.807, 2.05) is 17.5 Å². The van der Waals surface area contributed by atoms with Gasteiger partial charge in [-0.2, -0.15) is 9.36 Å². The van der Waals surface area contributed by atoms with Gasteiger partial charge in [0.25, 0.3) is 0 Å². The van der Waals surface area contributed by atoms with Crippen molar-refractivity contribution < 1.29 is 9.59 Å². The fourth-order valence-electron chi connectivity index (χ4n) is 1.66. The van der Waals surface area contributed by atoms with Crippen LogP contribution in [0.15, 0.2) is 17.5 Å². The van der Waals surface area contributed by atoms with Gasteiger partial charge in [0.1, 0.15) is 5.78 Å². The lowest BCUT2D eigenvalue weighted by molar-refractivity contribution is -0.135. The summed E-state index contributed by atoms with van der Waals surface area (Å²) < 4.78 is 4.19. The van der Waals surface area contributed by atoms with Crippen molar-refractivity contribution in [2.45, 2.75) is 12.8 Å². The molecule has 5 nitrogen and oxygen atoms in total. The molecule has 1 aliphatic carbocycles. The first-order valence-electron chi connectivity index (χ1n) is 5.42. The van der Waals surface area contributed by atoms with Crippen LogP contribution in [0.25, 0.3) is 10.7 Å². The lowest BCUT2D eigenvalue weighted by Gasteiger charge is -2.21. The van der Waals surface area contributed by atoms with Crippen molar-refractivity contribution in [1.82, 2.24) is 9.36 Å². The van der Waals surface area contributed by atoms with Gasteiger partial charge >= 0.3 is 0 Å². The monoisotopic (exact) mass is 279 g/mol. The third-order valence-electron chi connectivity index (χ3n) is 2.72. The van der Waals surface area contributed by atoms with Crippen LogP contribution in [0.4, 0.5) is 5.13 Å². The fraction of sp³-hybridized carbons (Fsp3) is 0.273. The zero-order chi connectivity index (χ0) is 12.5. The number of anilines is 1. The molecule has 1 fully saturated rings. The molecule has 0 atom stereocenters.